The maximum atomic E-state index is 12.3. The summed E-state index contributed by atoms with van der Waals surface area (Å²) >= 11 is 0. The van der Waals surface area contributed by atoms with Crippen molar-refractivity contribution in [2.45, 2.75) is 45.3 Å². The lowest BCUT2D eigenvalue weighted by Crippen LogP contribution is -3.14. The van der Waals surface area contributed by atoms with E-state index in [0.29, 0.717) is 13.1 Å². The van der Waals surface area contributed by atoms with E-state index >= 15 is 0 Å². The first-order chi connectivity index (χ1) is 8.69. The van der Waals surface area contributed by atoms with Crippen LogP contribution in [-0.4, -0.2) is 56.5 Å². The molecule has 0 aromatic heterocycles. The first-order valence-electron chi connectivity index (χ1n) is 6.76. The van der Waals surface area contributed by atoms with Crippen molar-refractivity contribution in [2.75, 3.05) is 26.6 Å². The maximum absolute atomic E-state index is 12.3. The Balaban J connectivity index is 2.40. The van der Waals surface area contributed by atoms with Crippen LogP contribution in [0.3, 0.4) is 0 Å². The van der Waals surface area contributed by atoms with Gasteiger partial charge in [-0.25, -0.2) is 4.79 Å². The molecule has 0 aromatic carbocycles. The van der Waals surface area contributed by atoms with Gasteiger partial charge in [0.1, 0.15) is 12.0 Å². The molecule has 110 valence electrons. The highest BCUT2D eigenvalue weighted by Crippen LogP contribution is 2.14. The number of nitrogens with zero attached hydrogens (tertiary/aromatic N) is 1. The van der Waals surface area contributed by atoms with Crippen LogP contribution in [0.25, 0.3) is 0 Å². The Labute approximate surface area is 114 Å². The molecular formula is C12H24BF2N2O2+. The summed E-state index contributed by atoms with van der Waals surface area (Å²) < 4.78 is 29.9. The van der Waals surface area contributed by atoms with Crippen LogP contribution in [0, 0.1) is 0 Å². The minimum Gasteiger partial charge on any atom is -0.444 e. The molecule has 4 nitrogen and oxygen atoms in total. The molecule has 0 spiro atoms. The second-order valence-corrected chi connectivity index (χ2v) is 6.17. The molecule has 1 saturated heterocycles. The van der Waals surface area contributed by atoms with E-state index in [1.165, 1.54) is 0 Å². The number of amides is 1. The summed E-state index contributed by atoms with van der Waals surface area (Å²) in [6.07, 6.45) is 1.06. The second-order valence-electron chi connectivity index (χ2n) is 6.17. The first-order valence-corrected chi connectivity index (χ1v) is 6.76. The molecule has 1 aliphatic rings. The van der Waals surface area contributed by atoms with Crippen LogP contribution >= 0.6 is 0 Å². The van der Waals surface area contributed by atoms with E-state index in [1.54, 1.807) is 11.9 Å². The van der Waals surface area contributed by atoms with Crippen LogP contribution in [0.5, 0.6) is 0 Å². The first kappa shape index (κ1) is 16.2. The summed E-state index contributed by atoms with van der Waals surface area (Å²) in [5.41, 5.74) is -0.507. The molecule has 0 bridgehead atoms. The minimum atomic E-state index is -2.25. The monoisotopic (exact) mass is 277 g/mol. The third kappa shape index (κ3) is 5.76. The Kier molecular flexibility index (Phi) is 5.58. The van der Waals surface area contributed by atoms with Crippen LogP contribution in [0.1, 0.15) is 33.6 Å². The second kappa shape index (κ2) is 6.54. The number of ether oxygens (including phenoxy) is 1. The van der Waals surface area contributed by atoms with Gasteiger partial charge < -0.3 is 14.5 Å². The van der Waals surface area contributed by atoms with Gasteiger partial charge in [-0.15, -0.1) is 0 Å². The van der Waals surface area contributed by atoms with E-state index < -0.39 is 12.9 Å². The van der Waals surface area contributed by atoms with E-state index in [2.05, 4.69) is 0 Å². The lowest BCUT2D eigenvalue weighted by Gasteiger charge is -2.35. The van der Waals surface area contributed by atoms with E-state index in [0.717, 1.165) is 17.7 Å². The number of hydrogen-bond acceptors (Lipinski definition) is 2. The summed E-state index contributed by atoms with van der Waals surface area (Å²) in [4.78, 5) is 14.4. The van der Waals surface area contributed by atoms with Crippen molar-refractivity contribution in [1.82, 2.24) is 4.90 Å². The average Bonchev–Trinajstić information content (AvgIpc) is 2.26. The zero-order valence-electron chi connectivity index (χ0n) is 12.2. The molecule has 1 aliphatic heterocycles. The molecule has 1 fully saturated rings. The Morgan fingerprint density at radius 2 is 1.89 bits per heavy atom. The molecule has 1 N–H and O–H groups in total. The Morgan fingerprint density at radius 1 is 1.37 bits per heavy atom. The molecular weight excluding hydrogens is 253 g/mol. The van der Waals surface area contributed by atoms with Gasteiger partial charge in [0.25, 0.3) is 0 Å². The van der Waals surface area contributed by atoms with Crippen molar-refractivity contribution in [2.24, 2.45) is 0 Å². The number of carbonyl (C=O) groups excluding carboxylic acids is 1. The van der Waals surface area contributed by atoms with Gasteiger partial charge in [0.2, 0.25) is 0 Å². The van der Waals surface area contributed by atoms with E-state index in [9.17, 15) is 13.4 Å². The standard InChI is InChI=1S/C12H23BF2N2O2/c1-12(2,3)19-11(18)16(4)10-5-7-17(8-6-10)9-13(14)15/h10H,5-9H2,1-4H3/p+1. The van der Waals surface area contributed by atoms with Gasteiger partial charge in [0.05, 0.1) is 13.1 Å². The van der Waals surface area contributed by atoms with Crippen LogP contribution < -0.4 is 4.90 Å². The SMILES string of the molecule is CN(C(=O)OC(C)(C)C)C1CC[NH+](CB(F)F)CC1. The van der Waals surface area contributed by atoms with Gasteiger partial charge >= 0.3 is 13.4 Å². The fourth-order valence-corrected chi connectivity index (χ4v) is 2.30. The minimum absolute atomic E-state index is 0.0938. The number of rotatable bonds is 3. The zero-order valence-corrected chi connectivity index (χ0v) is 12.2. The normalized spacial score (nSPS) is 23.9. The van der Waals surface area contributed by atoms with Crippen molar-refractivity contribution in [3.8, 4) is 0 Å². The molecule has 0 unspecified atom stereocenters. The summed E-state index contributed by atoms with van der Waals surface area (Å²) in [5.74, 6) is 0. The van der Waals surface area contributed by atoms with Gasteiger partial charge in [0, 0.05) is 25.9 Å². The van der Waals surface area contributed by atoms with Crippen LogP contribution in [0.2, 0.25) is 0 Å². The number of carbonyl (C=O) groups is 1. The molecule has 0 aromatic rings. The predicted molar refractivity (Wildman–Crippen MR) is 70.6 cm³/mol. The Morgan fingerprint density at radius 3 is 2.32 bits per heavy atom. The largest absolute Gasteiger partial charge is 0.592 e. The molecule has 19 heavy (non-hydrogen) atoms. The molecule has 0 aliphatic carbocycles. The molecule has 7 heteroatoms. The van der Waals surface area contributed by atoms with Crippen LogP contribution in [0.4, 0.5) is 13.4 Å². The summed E-state index contributed by atoms with van der Waals surface area (Å²) in [5, 5.41) is 0. The topological polar surface area (TPSA) is 34.0 Å². The third-order valence-electron chi connectivity index (χ3n) is 3.33. The van der Waals surface area contributed by atoms with Gasteiger partial charge in [-0.1, -0.05) is 0 Å². The highest BCUT2D eigenvalue weighted by Gasteiger charge is 2.32. The van der Waals surface area contributed by atoms with Crippen molar-refractivity contribution in [1.29, 1.82) is 0 Å². The number of nitrogens with one attached hydrogen (secondary N) is 1. The third-order valence-corrected chi connectivity index (χ3v) is 3.33. The molecule has 0 saturated carbocycles. The van der Waals surface area contributed by atoms with Gasteiger partial charge in [-0.2, -0.15) is 0 Å². The Hall–Kier alpha value is -0.845. The fourth-order valence-electron chi connectivity index (χ4n) is 2.30. The number of quaternary nitrogens is 1. The highest BCUT2D eigenvalue weighted by molar-refractivity contribution is 6.42. The van der Waals surface area contributed by atoms with Gasteiger partial charge in [0.15, 0.2) is 0 Å². The van der Waals surface area contributed by atoms with Gasteiger partial charge in [-0.05, 0) is 20.8 Å². The molecule has 1 rings (SSSR count). The van der Waals surface area contributed by atoms with Crippen LogP contribution in [-0.2, 0) is 4.74 Å². The van der Waals surface area contributed by atoms with Crippen molar-refractivity contribution < 1.29 is 23.1 Å². The van der Waals surface area contributed by atoms with E-state index in [4.69, 9.17) is 4.74 Å². The number of likely N-dealkylation sites (tertiary alicyclic amines) is 1. The zero-order chi connectivity index (χ0) is 14.6. The van der Waals surface area contributed by atoms with Crippen molar-refractivity contribution in [3.63, 3.8) is 0 Å². The summed E-state index contributed by atoms with van der Waals surface area (Å²) in [6.45, 7) is 6.85. The van der Waals surface area contributed by atoms with Crippen molar-refractivity contribution >= 4 is 13.4 Å². The predicted octanol–water partition coefficient (Wildman–Crippen LogP) is 0.867. The Bertz CT molecular complexity index is 303. The van der Waals surface area contributed by atoms with Gasteiger partial charge in [-0.3, -0.25) is 8.63 Å². The number of piperidine rings is 1. The van der Waals surface area contributed by atoms with E-state index in [1.807, 2.05) is 20.8 Å². The number of hydrogen-bond donors (Lipinski definition) is 1. The fraction of sp³-hybridized carbons (Fsp3) is 0.917. The maximum Gasteiger partial charge on any atom is 0.592 e. The molecule has 0 radical (unpaired) electrons. The summed E-state index contributed by atoms with van der Waals surface area (Å²) in [6, 6.07) is 0.0938. The molecule has 1 amide bonds. The number of halogens is 2. The summed E-state index contributed by atoms with van der Waals surface area (Å²) in [7, 11) is -0.535. The smallest absolute Gasteiger partial charge is 0.444 e. The highest BCUT2D eigenvalue weighted by atomic mass is 19.2. The van der Waals surface area contributed by atoms with E-state index in [-0.39, 0.29) is 18.6 Å². The lowest BCUT2D eigenvalue weighted by molar-refractivity contribution is -0.896. The lowest BCUT2D eigenvalue weighted by atomic mass is 9.95. The molecule has 1 heterocycles. The van der Waals surface area contributed by atoms with Crippen LogP contribution in [0.15, 0.2) is 0 Å². The molecule has 0 atom stereocenters. The quantitative estimate of drug-likeness (QED) is 0.777. The average molecular weight is 277 g/mol. The van der Waals surface area contributed by atoms with Crippen molar-refractivity contribution in [3.05, 3.63) is 0 Å².